The number of phenolic OH excluding ortho intramolecular Hbond substituents is 1. The van der Waals surface area contributed by atoms with Crippen molar-refractivity contribution < 1.29 is 14.6 Å². The molecule has 1 aromatic heterocycles. The van der Waals surface area contributed by atoms with Crippen molar-refractivity contribution in [1.29, 1.82) is 0 Å². The van der Waals surface area contributed by atoms with Crippen LogP contribution in [0.3, 0.4) is 0 Å². The van der Waals surface area contributed by atoms with E-state index in [0.29, 0.717) is 42.2 Å². The van der Waals surface area contributed by atoms with Crippen LogP contribution in [-0.2, 0) is 13.1 Å². The van der Waals surface area contributed by atoms with E-state index in [0.717, 1.165) is 16.5 Å². The first kappa shape index (κ1) is 23.5. The summed E-state index contributed by atoms with van der Waals surface area (Å²) < 4.78 is 5.43. The van der Waals surface area contributed by atoms with Crippen molar-refractivity contribution in [1.82, 2.24) is 14.8 Å². The molecule has 168 valence electrons. The van der Waals surface area contributed by atoms with Crippen molar-refractivity contribution in [2.45, 2.75) is 13.1 Å². The molecule has 2 aromatic carbocycles. The second kappa shape index (κ2) is 10.4. The van der Waals surface area contributed by atoms with Crippen molar-refractivity contribution in [2.75, 3.05) is 20.6 Å². The number of fused-ring (bicyclic) bond motifs is 1. The molecule has 0 saturated carbocycles. The number of nitrogens with zero attached hydrogens (tertiary/aromatic N) is 4. The molecular formula is C26H26N4O3. The number of benzene rings is 2. The molecule has 0 saturated heterocycles. The molecule has 0 bridgehead atoms. The maximum Gasteiger partial charge on any atom is 0.414 e. The van der Waals surface area contributed by atoms with E-state index >= 15 is 0 Å². The predicted octanol–water partition coefficient (Wildman–Crippen LogP) is 4.61. The van der Waals surface area contributed by atoms with E-state index in [9.17, 15) is 9.90 Å². The number of aromatic nitrogens is 1. The molecule has 1 heterocycles. The van der Waals surface area contributed by atoms with Gasteiger partial charge >= 0.3 is 6.09 Å². The lowest BCUT2D eigenvalue weighted by atomic mass is 10.0. The van der Waals surface area contributed by atoms with Crippen LogP contribution in [0.15, 0.2) is 54.2 Å². The van der Waals surface area contributed by atoms with Crippen LogP contribution in [0.25, 0.3) is 17.0 Å². The van der Waals surface area contributed by atoms with E-state index in [4.69, 9.17) is 11.2 Å². The lowest BCUT2D eigenvalue weighted by molar-refractivity contribution is 0.172. The van der Waals surface area contributed by atoms with Gasteiger partial charge in [-0.15, -0.1) is 6.42 Å². The molecule has 0 spiro atoms. The van der Waals surface area contributed by atoms with E-state index in [1.54, 1.807) is 38.5 Å². The van der Waals surface area contributed by atoms with Gasteiger partial charge in [0.15, 0.2) is 5.75 Å². The van der Waals surface area contributed by atoms with Crippen LogP contribution in [0.1, 0.15) is 16.7 Å². The number of pyridine rings is 1. The first-order chi connectivity index (χ1) is 15.9. The topological polar surface area (TPSA) is 78.3 Å². The van der Waals surface area contributed by atoms with Crippen molar-refractivity contribution in [3.63, 3.8) is 0 Å². The Morgan fingerprint density at radius 3 is 2.64 bits per heavy atom. The summed E-state index contributed by atoms with van der Waals surface area (Å²) in [7, 11) is 3.21. The number of amides is 1. The molecule has 0 aliphatic rings. The minimum absolute atomic E-state index is 0.136. The largest absolute Gasteiger partial charge is 0.506 e. The number of terminal acetylenes is 1. The van der Waals surface area contributed by atoms with Gasteiger partial charge in [0.25, 0.3) is 0 Å². The zero-order valence-electron chi connectivity index (χ0n) is 18.8. The highest BCUT2D eigenvalue weighted by Gasteiger charge is 2.18. The third-order valence-electron chi connectivity index (χ3n) is 5.14. The zero-order valence-corrected chi connectivity index (χ0v) is 18.8. The molecule has 1 amide bonds. The SMILES string of the molecule is C#CCN(Cc1ccc(OC(=O)N(C)C)c(N=C)c1C=C)Cc1ccc(O)c2ncccc12. The van der Waals surface area contributed by atoms with Gasteiger partial charge in [0.2, 0.25) is 0 Å². The average molecular weight is 443 g/mol. The fraction of sp³-hybridized carbons (Fsp3) is 0.192. The summed E-state index contributed by atoms with van der Waals surface area (Å²) in [6.45, 7) is 8.98. The highest BCUT2D eigenvalue weighted by Crippen LogP contribution is 2.36. The van der Waals surface area contributed by atoms with E-state index < -0.39 is 6.09 Å². The molecule has 3 rings (SSSR count). The second-order valence-corrected chi connectivity index (χ2v) is 7.60. The van der Waals surface area contributed by atoms with Crippen LogP contribution >= 0.6 is 0 Å². The Bertz CT molecular complexity index is 1240. The lowest BCUT2D eigenvalue weighted by Crippen LogP contribution is -2.25. The monoisotopic (exact) mass is 442 g/mol. The Balaban J connectivity index is 1.95. The average Bonchev–Trinajstić information content (AvgIpc) is 2.81. The van der Waals surface area contributed by atoms with Gasteiger partial charge < -0.3 is 14.7 Å². The molecule has 3 aromatic rings. The van der Waals surface area contributed by atoms with Gasteiger partial charge in [-0.1, -0.05) is 36.8 Å². The lowest BCUT2D eigenvalue weighted by Gasteiger charge is -2.23. The number of aromatic hydroxyl groups is 1. The first-order valence-electron chi connectivity index (χ1n) is 10.2. The maximum atomic E-state index is 12.0. The summed E-state index contributed by atoms with van der Waals surface area (Å²) in [6.07, 6.45) is 8.46. The van der Waals surface area contributed by atoms with Gasteiger partial charge in [-0.05, 0) is 36.0 Å². The molecule has 0 radical (unpaired) electrons. The normalized spacial score (nSPS) is 10.6. The van der Waals surface area contributed by atoms with Crippen molar-refractivity contribution in [3.05, 3.63) is 65.9 Å². The number of phenols is 1. The Kier molecular flexibility index (Phi) is 7.44. The number of hydrogen-bond donors (Lipinski definition) is 1. The number of hydrogen-bond acceptors (Lipinski definition) is 6. The third-order valence-corrected chi connectivity index (χ3v) is 5.14. The molecule has 0 unspecified atom stereocenters. The number of rotatable bonds is 8. The van der Waals surface area contributed by atoms with Crippen LogP contribution < -0.4 is 4.74 Å². The number of ether oxygens (including phenoxy) is 1. The molecule has 0 fully saturated rings. The highest BCUT2D eigenvalue weighted by molar-refractivity contribution is 5.87. The van der Waals surface area contributed by atoms with Crippen molar-refractivity contribution >= 4 is 35.5 Å². The van der Waals surface area contributed by atoms with Crippen molar-refractivity contribution in [2.24, 2.45) is 4.99 Å². The fourth-order valence-corrected chi connectivity index (χ4v) is 3.56. The fourth-order valence-electron chi connectivity index (χ4n) is 3.56. The smallest absolute Gasteiger partial charge is 0.414 e. The first-order valence-corrected chi connectivity index (χ1v) is 10.2. The molecule has 7 nitrogen and oxygen atoms in total. The van der Waals surface area contributed by atoms with E-state index in [-0.39, 0.29) is 5.75 Å². The van der Waals surface area contributed by atoms with Gasteiger partial charge in [0, 0.05) is 44.3 Å². The van der Waals surface area contributed by atoms with E-state index in [1.165, 1.54) is 4.90 Å². The standard InChI is InChI=1S/C26H26N4O3/c1-6-15-30(17-19-10-12-22(31)24-21(19)9-8-14-28-24)16-18-11-13-23(33-26(32)29(4)5)25(27-3)20(18)7-2/h1,7-14,31H,2-3,15-17H2,4-5H3. The van der Waals surface area contributed by atoms with E-state index in [2.05, 4.69) is 34.1 Å². The van der Waals surface area contributed by atoms with Gasteiger partial charge in [-0.25, -0.2) is 4.79 Å². The van der Waals surface area contributed by atoms with Gasteiger partial charge in [-0.3, -0.25) is 14.9 Å². The molecular weight excluding hydrogens is 416 g/mol. The Morgan fingerprint density at radius 2 is 1.97 bits per heavy atom. The number of carbonyl (C=O) groups excluding carboxylic acids is 1. The Hall–Kier alpha value is -4.15. The minimum atomic E-state index is -0.510. The molecule has 0 aliphatic carbocycles. The maximum absolute atomic E-state index is 12.0. The van der Waals surface area contributed by atoms with Gasteiger partial charge in [0.05, 0.1) is 6.54 Å². The summed E-state index contributed by atoms with van der Waals surface area (Å²) >= 11 is 0. The van der Waals surface area contributed by atoms with Crippen LogP contribution in [0, 0.1) is 12.3 Å². The Labute approximate surface area is 193 Å². The summed E-state index contributed by atoms with van der Waals surface area (Å²) in [6, 6.07) is 10.8. The third kappa shape index (κ3) is 5.20. The predicted molar refractivity (Wildman–Crippen MR) is 132 cm³/mol. The quantitative estimate of drug-likeness (QED) is 0.407. The summed E-state index contributed by atoms with van der Waals surface area (Å²) in [5, 5.41) is 11.0. The highest BCUT2D eigenvalue weighted by atomic mass is 16.6. The van der Waals surface area contributed by atoms with Crippen LogP contribution in [0.4, 0.5) is 10.5 Å². The van der Waals surface area contributed by atoms with Crippen LogP contribution in [0.5, 0.6) is 11.5 Å². The number of carbonyl (C=O) groups is 1. The number of aliphatic imine (C=N–C) groups is 1. The van der Waals surface area contributed by atoms with Crippen LogP contribution in [0.2, 0.25) is 0 Å². The van der Waals surface area contributed by atoms with E-state index in [1.807, 2.05) is 24.3 Å². The minimum Gasteiger partial charge on any atom is -0.506 e. The molecule has 33 heavy (non-hydrogen) atoms. The zero-order chi connectivity index (χ0) is 24.0. The summed E-state index contributed by atoms with van der Waals surface area (Å²) in [4.78, 5) is 23.8. The van der Waals surface area contributed by atoms with Gasteiger partial charge in [-0.2, -0.15) is 0 Å². The molecule has 0 aliphatic heterocycles. The van der Waals surface area contributed by atoms with Crippen molar-refractivity contribution in [3.8, 4) is 23.8 Å². The summed E-state index contributed by atoms with van der Waals surface area (Å²) in [5.41, 5.74) is 3.61. The van der Waals surface area contributed by atoms with Gasteiger partial charge in [0.1, 0.15) is 17.0 Å². The second-order valence-electron chi connectivity index (χ2n) is 7.60. The molecule has 7 heteroatoms. The van der Waals surface area contributed by atoms with Crippen LogP contribution in [-0.4, -0.2) is 53.3 Å². The molecule has 1 N–H and O–H groups in total. The Morgan fingerprint density at radius 1 is 1.24 bits per heavy atom. The molecule has 0 atom stereocenters. The summed E-state index contributed by atoms with van der Waals surface area (Å²) in [5.74, 6) is 3.15.